The van der Waals surface area contributed by atoms with Gasteiger partial charge < -0.3 is 4.74 Å². The minimum atomic E-state index is 0.471. The fraction of sp³-hybridized carbons (Fsp3) is 0.250. The second-order valence-electron chi connectivity index (χ2n) is 3.64. The maximum absolute atomic E-state index is 6.10. The molecule has 0 aliphatic rings. The molecule has 0 amide bonds. The summed E-state index contributed by atoms with van der Waals surface area (Å²) in [5.41, 5.74) is 3.00. The molecule has 1 aromatic carbocycles. The second-order valence-corrected chi connectivity index (χ2v) is 4.03. The van der Waals surface area contributed by atoms with Crippen LogP contribution in [0.5, 0.6) is 0 Å². The predicted molar refractivity (Wildman–Crippen MR) is 64.0 cm³/mol. The lowest BCUT2D eigenvalue weighted by Gasteiger charge is -2.03. The fourth-order valence-corrected chi connectivity index (χ4v) is 1.75. The summed E-state index contributed by atoms with van der Waals surface area (Å²) in [5.74, 6) is 0. The van der Waals surface area contributed by atoms with E-state index in [1.807, 2.05) is 37.3 Å². The van der Waals surface area contributed by atoms with Gasteiger partial charge in [-0.1, -0.05) is 29.3 Å². The van der Waals surface area contributed by atoms with Gasteiger partial charge in [0, 0.05) is 13.2 Å². The quantitative estimate of drug-likeness (QED) is 0.819. The van der Waals surface area contributed by atoms with E-state index in [1.54, 1.807) is 11.8 Å². The van der Waals surface area contributed by atoms with E-state index >= 15 is 0 Å². The maximum atomic E-state index is 6.10. The molecule has 84 valence electrons. The van der Waals surface area contributed by atoms with E-state index in [-0.39, 0.29) is 0 Å². The highest BCUT2D eigenvalue weighted by molar-refractivity contribution is 6.29. The van der Waals surface area contributed by atoms with Gasteiger partial charge in [0.1, 0.15) is 5.15 Å². The molecule has 1 aromatic heterocycles. The summed E-state index contributed by atoms with van der Waals surface area (Å²) in [6, 6.07) is 9.85. The van der Waals surface area contributed by atoms with Crippen molar-refractivity contribution in [3.8, 4) is 5.69 Å². The van der Waals surface area contributed by atoms with Crippen molar-refractivity contribution in [1.29, 1.82) is 0 Å². The highest BCUT2D eigenvalue weighted by Crippen LogP contribution is 2.18. The molecule has 2 rings (SSSR count). The van der Waals surface area contributed by atoms with E-state index in [9.17, 15) is 0 Å². The summed E-state index contributed by atoms with van der Waals surface area (Å²) >= 11 is 6.10. The van der Waals surface area contributed by atoms with Crippen molar-refractivity contribution in [2.24, 2.45) is 0 Å². The van der Waals surface area contributed by atoms with Crippen molar-refractivity contribution < 1.29 is 4.74 Å². The lowest BCUT2D eigenvalue weighted by Crippen LogP contribution is -1.98. The highest BCUT2D eigenvalue weighted by Gasteiger charge is 2.07. The van der Waals surface area contributed by atoms with Crippen molar-refractivity contribution >= 4 is 11.6 Å². The van der Waals surface area contributed by atoms with Gasteiger partial charge in [0.15, 0.2) is 0 Å². The third-order valence-electron chi connectivity index (χ3n) is 2.29. The molecule has 0 aliphatic carbocycles. The Labute approximate surface area is 99.6 Å². The first-order valence-corrected chi connectivity index (χ1v) is 5.39. The van der Waals surface area contributed by atoms with Gasteiger partial charge in [-0.15, -0.1) is 0 Å². The molecule has 0 saturated carbocycles. The number of hydrogen-bond donors (Lipinski definition) is 0. The van der Waals surface area contributed by atoms with E-state index in [4.69, 9.17) is 16.3 Å². The molecule has 0 aliphatic heterocycles. The molecule has 3 nitrogen and oxygen atoms in total. The van der Waals surface area contributed by atoms with Gasteiger partial charge in [0.05, 0.1) is 18.0 Å². The molecule has 0 unspecified atom stereocenters. The van der Waals surface area contributed by atoms with Crippen molar-refractivity contribution in [3.05, 3.63) is 46.7 Å². The average molecular weight is 237 g/mol. The number of halogens is 1. The lowest BCUT2D eigenvalue weighted by atomic mass is 10.2. The minimum Gasteiger partial charge on any atom is -0.378 e. The zero-order valence-electron chi connectivity index (χ0n) is 9.27. The number of benzene rings is 1. The number of nitrogens with zero attached hydrogens (tertiary/aromatic N) is 2. The van der Waals surface area contributed by atoms with E-state index in [0.29, 0.717) is 11.8 Å². The van der Waals surface area contributed by atoms with Gasteiger partial charge in [-0.2, -0.15) is 5.10 Å². The van der Waals surface area contributed by atoms with Crippen LogP contribution in [0, 0.1) is 6.92 Å². The van der Waals surface area contributed by atoms with Crippen LogP contribution in [0.25, 0.3) is 5.69 Å². The molecule has 0 fully saturated rings. The van der Waals surface area contributed by atoms with Crippen LogP contribution in [0.4, 0.5) is 0 Å². The summed E-state index contributed by atoms with van der Waals surface area (Å²) < 4.78 is 6.72. The van der Waals surface area contributed by atoms with E-state index < -0.39 is 0 Å². The molecule has 2 aromatic rings. The fourth-order valence-electron chi connectivity index (χ4n) is 1.49. The Morgan fingerprint density at radius 3 is 2.62 bits per heavy atom. The SMILES string of the molecule is COCc1cc(Cl)n(-c2ccc(C)cc2)n1. The lowest BCUT2D eigenvalue weighted by molar-refractivity contribution is 0.181. The molecule has 16 heavy (non-hydrogen) atoms. The van der Waals surface area contributed by atoms with Crippen molar-refractivity contribution in [1.82, 2.24) is 9.78 Å². The van der Waals surface area contributed by atoms with Crippen molar-refractivity contribution in [2.75, 3.05) is 7.11 Å². The predicted octanol–water partition coefficient (Wildman–Crippen LogP) is 2.98. The third kappa shape index (κ3) is 2.26. The van der Waals surface area contributed by atoms with Gasteiger partial charge in [-0.3, -0.25) is 0 Å². The molecule has 4 heteroatoms. The van der Waals surface area contributed by atoms with Crippen LogP contribution in [0.15, 0.2) is 30.3 Å². The van der Waals surface area contributed by atoms with Crippen LogP contribution < -0.4 is 0 Å². The maximum Gasteiger partial charge on any atom is 0.133 e. The van der Waals surface area contributed by atoms with Gasteiger partial charge in [-0.25, -0.2) is 4.68 Å². The molecule has 0 spiro atoms. The van der Waals surface area contributed by atoms with Crippen LogP contribution >= 0.6 is 11.6 Å². The average Bonchev–Trinajstić information content (AvgIpc) is 2.61. The summed E-state index contributed by atoms with van der Waals surface area (Å²) in [6.07, 6.45) is 0. The number of ether oxygens (including phenoxy) is 1. The summed E-state index contributed by atoms with van der Waals surface area (Å²) in [7, 11) is 1.64. The standard InChI is InChI=1S/C12H13ClN2O/c1-9-3-5-11(6-4-9)15-12(13)7-10(14-15)8-16-2/h3-7H,8H2,1-2H3. The smallest absolute Gasteiger partial charge is 0.133 e. The second kappa shape index (κ2) is 4.68. The normalized spacial score (nSPS) is 10.7. The molecular formula is C12H13ClN2O. The minimum absolute atomic E-state index is 0.471. The first kappa shape index (κ1) is 11.2. The number of rotatable bonds is 3. The van der Waals surface area contributed by atoms with Gasteiger partial charge in [0.2, 0.25) is 0 Å². The molecule has 1 heterocycles. The Kier molecular flexibility index (Phi) is 3.27. The van der Waals surface area contributed by atoms with Crippen LogP contribution in [0.3, 0.4) is 0 Å². The first-order chi connectivity index (χ1) is 7.70. The number of hydrogen-bond acceptors (Lipinski definition) is 2. The number of methoxy groups -OCH3 is 1. The first-order valence-electron chi connectivity index (χ1n) is 5.01. The third-order valence-corrected chi connectivity index (χ3v) is 2.56. The Hall–Kier alpha value is -1.32. The van der Waals surface area contributed by atoms with E-state index in [0.717, 1.165) is 11.4 Å². The van der Waals surface area contributed by atoms with Crippen molar-refractivity contribution in [2.45, 2.75) is 13.5 Å². The van der Waals surface area contributed by atoms with Gasteiger partial charge in [0.25, 0.3) is 0 Å². The zero-order chi connectivity index (χ0) is 11.5. The van der Waals surface area contributed by atoms with E-state index in [2.05, 4.69) is 5.10 Å². The zero-order valence-corrected chi connectivity index (χ0v) is 10.0. The van der Waals surface area contributed by atoms with Crippen molar-refractivity contribution in [3.63, 3.8) is 0 Å². The molecule has 0 atom stereocenters. The van der Waals surface area contributed by atoms with Gasteiger partial charge >= 0.3 is 0 Å². The molecule has 0 bridgehead atoms. The summed E-state index contributed by atoms with van der Waals surface area (Å²) in [4.78, 5) is 0. The largest absolute Gasteiger partial charge is 0.378 e. The van der Waals surface area contributed by atoms with Crippen LogP contribution in [-0.2, 0) is 11.3 Å². The molecule has 0 N–H and O–H groups in total. The summed E-state index contributed by atoms with van der Waals surface area (Å²) in [5, 5.41) is 4.95. The van der Waals surface area contributed by atoms with E-state index in [1.165, 1.54) is 5.56 Å². The molecule has 0 saturated heterocycles. The van der Waals surface area contributed by atoms with Crippen LogP contribution in [0.2, 0.25) is 5.15 Å². The molecule has 0 radical (unpaired) electrons. The molecular weight excluding hydrogens is 224 g/mol. The topological polar surface area (TPSA) is 27.1 Å². The summed E-state index contributed by atoms with van der Waals surface area (Å²) in [6.45, 7) is 2.52. The highest BCUT2D eigenvalue weighted by atomic mass is 35.5. The monoisotopic (exact) mass is 236 g/mol. The Balaban J connectivity index is 2.36. The Bertz CT molecular complexity index is 476. The number of aromatic nitrogens is 2. The van der Waals surface area contributed by atoms with Crippen LogP contribution in [-0.4, -0.2) is 16.9 Å². The van der Waals surface area contributed by atoms with Crippen LogP contribution in [0.1, 0.15) is 11.3 Å². The Morgan fingerprint density at radius 2 is 2.00 bits per heavy atom. The Morgan fingerprint density at radius 1 is 1.31 bits per heavy atom. The number of aryl methyl sites for hydroxylation is 1. The van der Waals surface area contributed by atoms with Gasteiger partial charge in [-0.05, 0) is 19.1 Å².